The van der Waals surface area contributed by atoms with Crippen LogP contribution in [0.4, 0.5) is 17.6 Å². The van der Waals surface area contributed by atoms with Crippen molar-refractivity contribution in [3.05, 3.63) is 46.7 Å². The van der Waals surface area contributed by atoms with Gasteiger partial charge in [0.1, 0.15) is 11.6 Å². The van der Waals surface area contributed by atoms with Crippen LogP contribution in [-0.4, -0.2) is 15.9 Å². The largest absolute Gasteiger partial charge is 0.573 e. The van der Waals surface area contributed by atoms with Crippen LogP contribution in [0.25, 0.3) is 0 Å². The molecule has 1 aromatic heterocycles. The number of nitrogens with zero attached hydrogens (tertiary/aromatic N) is 2. The van der Waals surface area contributed by atoms with Crippen LogP contribution in [0.1, 0.15) is 5.56 Å². The monoisotopic (exact) mass is 338 g/mol. The van der Waals surface area contributed by atoms with Gasteiger partial charge in [0, 0.05) is 18.0 Å². The van der Waals surface area contributed by atoms with Gasteiger partial charge in [-0.25, -0.2) is 9.37 Å². The van der Waals surface area contributed by atoms with Crippen LogP contribution < -0.4 is 4.74 Å². The van der Waals surface area contributed by atoms with Gasteiger partial charge in [-0.15, -0.1) is 13.2 Å². The summed E-state index contributed by atoms with van der Waals surface area (Å²) >= 11 is 2.93. The Morgan fingerprint density at radius 3 is 2.63 bits per heavy atom. The predicted octanol–water partition coefficient (Wildman–Crippen LogP) is 3.73. The normalized spacial score (nSPS) is 11.6. The molecule has 0 bridgehead atoms. The number of hydrogen-bond donors (Lipinski definition) is 0. The summed E-state index contributed by atoms with van der Waals surface area (Å²) in [4.78, 5) is 3.77. The van der Waals surface area contributed by atoms with Gasteiger partial charge in [-0.05, 0) is 28.1 Å². The molecular weight excluding hydrogens is 332 g/mol. The molecule has 2 rings (SSSR count). The molecule has 19 heavy (non-hydrogen) atoms. The van der Waals surface area contributed by atoms with E-state index in [9.17, 15) is 17.6 Å². The Morgan fingerprint density at radius 1 is 1.32 bits per heavy atom. The van der Waals surface area contributed by atoms with Gasteiger partial charge in [-0.1, -0.05) is 0 Å². The van der Waals surface area contributed by atoms with E-state index in [-0.39, 0.29) is 16.6 Å². The zero-order valence-corrected chi connectivity index (χ0v) is 10.9. The second-order valence-electron chi connectivity index (χ2n) is 3.62. The van der Waals surface area contributed by atoms with Crippen LogP contribution in [0, 0.1) is 5.82 Å². The van der Waals surface area contributed by atoms with Gasteiger partial charge < -0.3 is 9.30 Å². The van der Waals surface area contributed by atoms with Gasteiger partial charge in [-0.2, -0.15) is 0 Å². The van der Waals surface area contributed by atoms with Crippen molar-refractivity contribution in [2.24, 2.45) is 0 Å². The van der Waals surface area contributed by atoms with E-state index in [2.05, 4.69) is 25.7 Å². The summed E-state index contributed by atoms with van der Waals surface area (Å²) < 4.78 is 55.5. The summed E-state index contributed by atoms with van der Waals surface area (Å²) in [6, 6.07) is 1.85. The van der Waals surface area contributed by atoms with Crippen LogP contribution >= 0.6 is 15.9 Å². The highest BCUT2D eigenvalue weighted by molar-refractivity contribution is 9.10. The lowest BCUT2D eigenvalue weighted by atomic mass is 10.2. The van der Waals surface area contributed by atoms with Gasteiger partial charge in [0.15, 0.2) is 0 Å². The van der Waals surface area contributed by atoms with E-state index < -0.39 is 17.9 Å². The zero-order valence-electron chi connectivity index (χ0n) is 9.29. The first-order valence-corrected chi connectivity index (χ1v) is 5.84. The number of rotatable bonds is 3. The third kappa shape index (κ3) is 3.46. The summed E-state index contributed by atoms with van der Waals surface area (Å²) in [5, 5.41) is 0. The summed E-state index contributed by atoms with van der Waals surface area (Å²) in [5.41, 5.74) is 0.0553. The number of benzene rings is 1. The van der Waals surface area contributed by atoms with Crippen LogP contribution in [0.3, 0.4) is 0 Å². The third-order valence-electron chi connectivity index (χ3n) is 2.28. The van der Waals surface area contributed by atoms with Gasteiger partial charge >= 0.3 is 6.36 Å². The molecule has 0 unspecified atom stereocenters. The molecule has 1 heterocycles. The first kappa shape index (κ1) is 13.9. The van der Waals surface area contributed by atoms with E-state index in [1.54, 1.807) is 6.20 Å². The number of halogens is 5. The third-order valence-corrected chi connectivity index (χ3v) is 3.15. The minimum Gasteiger partial charge on any atom is -0.405 e. The standard InChI is InChI=1S/C11H7BrF4N2O/c12-10-7(5-18-4-3-17-6-18)8(13)1-2-9(10)19-11(14,15)16/h1-4,6H,5H2. The first-order valence-electron chi connectivity index (χ1n) is 5.05. The van der Waals surface area contributed by atoms with Crippen molar-refractivity contribution >= 4 is 15.9 Å². The number of imidazole rings is 1. The number of hydrogen-bond acceptors (Lipinski definition) is 2. The molecule has 0 aliphatic rings. The summed E-state index contributed by atoms with van der Waals surface area (Å²) in [6.45, 7) is 0.0431. The molecule has 0 aliphatic heterocycles. The lowest BCUT2D eigenvalue weighted by Gasteiger charge is -2.14. The highest BCUT2D eigenvalue weighted by atomic mass is 79.9. The smallest absolute Gasteiger partial charge is 0.405 e. The molecule has 0 saturated heterocycles. The van der Waals surface area contributed by atoms with Crippen molar-refractivity contribution in [1.29, 1.82) is 0 Å². The molecule has 0 N–H and O–H groups in total. The number of alkyl halides is 3. The van der Waals surface area contributed by atoms with Crippen molar-refractivity contribution in [2.75, 3.05) is 0 Å². The Kier molecular flexibility index (Phi) is 3.79. The van der Waals surface area contributed by atoms with E-state index in [1.165, 1.54) is 17.1 Å². The number of aromatic nitrogens is 2. The fourth-order valence-corrected chi connectivity index (χ4v) is 2.02. The fourth-order valence-electron chi connectivity index (χ4n) is 1.49. The molecule has 102 valence electrons. The zero-order chi connectivity index (χ0) is 14.0. The van der Waals surface area contributed by atoms with E-state index in [0.29, 0.717) is 0 Å². The highest BCUT2D eigenvalue weighted by Crippen LogP contribution is 2.34. The van der Waals surface area contributed by atoms with Gasteiger partial charge in [0.2, 0.25) is 0 Å². The Morgan fingerprint density at radius 2 is 2.05 bits per heavy atom. The highest BCUT2D eigenvalue weighted by Gasteiger charge is 2.32. The summed E-state index contributed by atoms with van der Waals surface area (Å²) in [7, 11) is 0. The van der Waals surface area contributed by atoms with E-state index in [4.69, 9.17) is 0 Å². The maximum absolute atomic E-state index is 13.7. The second kappa shape index (κ2) is 5.20. The molecule has 0 spiro atoms. The van der Waals surface area contributed by atoms with Crippen molar-refractivity contribution < 1.29 is 22.3 Å². The van der Waals surface area contributed by atoms with Crippen molar-refractivity contribution in [1.82, 2.24) is 9.55 Å². The molecule has 8 heteroatoms. The second-order valence-corrected chi connectivity index (χ2v) is 4.41. The van der Waals surface area contributed by atoms with Gasteiger partial charge in [0.05, 0.1) is 17.3 Å². The quantitative estimate of drug-likeness (QED) is 0.797. The van der Waals surface area contributed by atoms with Gasteiger partial charge in [0.25, 0.3) is 0 Å². The summed E-state index contributed by atoms with van der Waals surface area (Å²) in [5.74, 6) is -1.11. The van der Waals surface area contributed by atoms with Crippen molar-refractivity contribution in [3.63, 3.8) is 0 Å². The van der Waals surface area contributed by atoms with Gasteiger partial charge in [-0.3, -0.25) is 0 Å². The van der Waals surface area contributed by atoms with Crippen molar-refractivity contribution in [2.45, 2.75) is 12.9 Å². The molecule has 2 aromatic rings. The van der Waals surface area contributed by atoms with Crippen LogP contribution in [0.2, 0.25) is 0 Å². The topological polar surface area (TPSA) is 27.1 Å². The van der Waals surface area contributed by atoms with E-state index in [1.807, 2.05) is 0 Å². The molecule has 0 aliphatic carbocycles. The Balaban J connectivity index is 2.34. The fraction of sp³-hybridized carbons (Fsp3) is 0.182. The Hall–Kier alpha value is -1.57. The van der Waals surface area contributed by atoms with Crippen molar-refractivity contribution in [3.8, 4) is 5.75 Å². The lowest BCUT2D eigenvalue weighted by Crippen LogP contribution is -2.18. The molecule has 0 amide bonds. The lowest BCUT2D eigenvalue weighted by molar-refractivity contribution is -0.274. The van der Waals surface area contributed by atoms with E-state index >= 15 is 0 Å². The minimum absolute atomic E-state index is 0.0431. The molecule has 0 atom stereocenters. The molecule has 0 radical (unpaired) electrons. The molecule has 0 saturated carbocycles. The molecule has 3 nitrogen and oxygen atoms in total. The molecule has 0 fully saturated rings. The maximum atomic E-state index is 13.7. The van der Waals surface area contributed by atoms with E-state index in [0.717, 1.165) is 12.1 Å². The molecular formula is C11H7BrF4N2O. The summed E-state index contributed by atoms with van der Waals surface area (Å²) in [6.07, 6.45) is -0.333. The maximum Gasteiger partial charge on any atom is 0.573 e. The number of ether oxygens (including phenoxy) is 1. The van der Waals surface area contributed by atoms with Crippen LogP contribution in [-0.2, 0) is 6.54 Å². The first-order chi connectivity index (χ1) is 8.87. The predicted molar refractivity (Wildman–Crippen MR) is 62.1 cm³/mol. The molecule has 1 aromatic carbocycles. The van der Waals surface area contributed by atoms with Crippen LogP contribution in [0.15, 0.2) is 35.3 Å². The Bertz CT molecular complexity index is 569. The SMILES string of the molecule is Fc1ccc(OC(F)(F)F)c(Br)c1Cn1ccnc1. The minimum atomic E-state index is -4.83. The average molecular weight is 339 g/mol. The Labute approximate surface area is 114 Å². The average Bonchev–Trinajstić information content (AvgIpc) is 2.79. The van der Waals surface area contributed by atoms with Crippen LogP contribution in [0.5, 0.6) is 5.75 Å².